The fourth-order valence-electron chi connectivity index (χ4n) is 3.94. The molecule has 118 valence electrons. The Morgan fingerprint density at radius 3 is 2.65 bits per heavy atom. The monoisotopic (exact) mass is 298 g/mol. The molecular weight excluding hydrogens is 264 g/mol. The molecule has 1 N–H and O–H groups in total. The zero-order valence-corrected chi connectivity index (χ0v) is 14.8. The van der Waals surface area contributed by atoms with Crippen molar-refractivity contribution in [3.8, 4) is 0 Å². The SMILES string of the molecule is CNC1CCC(C(C)(C)C)CC1CN1CCCSCC1. The summed E-state index contributed by atoms with van der Waals surface area (Å²) in [7, 11) is 2.16. The van der Waals surface area contributed by atoms with Gasteiger partial charge in [-0.3, -0.25) is 0 Å². The fraction of sp³-hybridized carbons (Fsp3) is 1.00. The summed E-state index contributed by atoms with van der Waals surface area (Å²) in [5.41, 5.74) is 0.478. The number of thioether (sulfide) groups is 1. The Hall–Kier alpha value is 0.270. The van der Waals surface area contributed by atoms with Gasteiger partial charge >= 0.3 is 0 Å². The van der Waals surface area contributed by atoms with Crippen molar-refractivity contribution in [2.75, 3.05) is 38.2 Å². The summed E-state index contributed by atoms with van der Waals surface area (Å²) < 4.78 is 0. The second-order valence-electron chi connectivity index (χ2n) is 7.80. The van der Waals surface area contributed by atoms with Crippen molar-refractivity contribution in [3.05, 3.63) is 0 Å². The highest BCUT2D eigenvalue weighted by Gasteiger charge is 2.35. The molecule has 3 atom stereocenters. The van der Waals surface area contributed by atoms with Crippen molar-refractivity contribution in [1.82, 2.24) is 10.2 Å². The van der Waals surface area contributed by atoms with Gasteiger partial charge in [-0.2, -0.15) is 11.8 Å². The normalized spacial score (nSPS) is 33.9. The first-order chi connectivity index (χ1) is 9.50. The molecule has 0 bridgehead atoms. The zero-order valence-electron chi connectivity index (χ0n) is 14.0. The van der Waals surface area contributed by atoms with Crippen LogP contribution in [0.2, 0.25) is 0 Å². The highest BCUT2D eigenvalue weighted by molar-refractivity contribution is 7.99. The third-order valence-corrected chi connectivity index (χ3v) is 6.43. The van der Waals surface area contributed by atoms with Crippen LogP contribution in [-0.4, -0.2) is 49.1 Å². The smallest absolute Gasteiger partial charge is 0.0105 e. The Balaban J connectivity index is 1.94. The van der Waals surface area contributed by atoms with E-state index in [4.69, 9.17) is 0 Å². The van der Waals surface area contributed by atoms with Crippen molar-refractivity contribution < 1.29 is 0 Å². The van der Waals surface area contributed by atoms with E-state index in [-0.39, 0.29) is 0 Å². The Bertz CT molecular complexity index is 279. The first kappa shape index (κ1) is 16.6. The summed E-state index contributed by atoms with van der Waals surface area (Å²) >= 11 is 2.14. The maximum Gasteiger partial charge on any atom is 0.0105 e. The van der Waals surface area contributed by atoms with Gasteiger partial charge in [0.05, 0.1) is 0 Å². The molecule has 0 aromatic rings. The van der Waals surface area contributed by atoms with Gasteiger partial charge in [-0.1, -0.05) is 20.8 Å². The standard InChI is InChI=1S/C17H34N2S/c1-17(2,3)15-6-7-16(18-4)14(12-15)13-19-8-5-10-20-11-9-19/h14-16,18H,5-13H2,1-4H3. The lowest BCUT2D eigenvalue weighted by molar-refractivity contribution is 0.0917. The number of nitrogens with one attached hydrogen (secondary N) is 1. The molecule has 1 aliphatic carbocycles. The van der Waals surface area contributed by atoms with Crippen molar-refractivity contribution >= 4 is 11.8 Å². The van der Waals surface area contributed by atoms with E-state index in [0.29, 0.717) is 5.41 Å². The predicted molar refractivity (Wildman–Crippen MR) is 91.5 cm³/mol. The van der Waals surface area contributed by atoms with Gasteiger partial charge in [-0.05, 0) is 62.3 Å². The summed E-state index contributed by atoms with van der Waals surface area (Å²) in [6, 6.07) is 0.740. The van der Waals surface area contributed by atoms with Crippen LogP contribution in [0.4, 0.5) is 0 Å². The Morgan fingerprint density at radius 1 is 1.15 bits per heavy atom. The fourth-order valence-corrected chi connectivity index (χ4v) is 4.87. The minimum Gasteiger partial charge on any atom is -0.317 e. The maximum atomic E-state index is 3.60. The van der Waals surface area contributed by atoms with Gasteiger partial charge in [0.15, 0.2) is 0 Å². The van der Waals surface area contributed by atoms with Gasteiger partial charge in [-0.25, -0.2) is 0 Å². The molecule has 3 unspecified atom stereocenters. The number of rotatable bonds is 3. The van der Waals surface area contributed by atoms with E-state index in [1.54, 1.807) is 0 Å². The molecule has 2 aliphatic rings. The van der Waals surface area contributed by atoms with Crippen LogP contribution in [0, 0.1) is 17.3 Å². The first-order valence-corrected chi connectivity index (χ1v) is 9.63. The van der Waals surface area contributed by atoms with Crippen LogP contribution in [0.5, 0.6) is 0 Å². The van der Waals surface area contributed by atoms with E-state index in [0.717, 1.165) is 17.9 Å². The van der Waals surface area contributed by atoms with E-state index in [1.165, 1.54) is 56.8 Å². The average molecular weight is 299 g/mol. The highest BCUT2D eigenvalue weighted by Crippen LogP contribution is 2.40. The topological polar surface area (TPSA) is 15.3 Å². The molecule has 2 nitrogen and oxygen atoms in total. The molecule has 0 aromatic carbocycles. The molecule has 1 heterocycles. The summed E-state index contributed by atoms with van der Waals surface area (Å²) in [5.74, 6) is 4.44. The summed E-state index contributed by atoms with van der Waals surface area (Å²) in [6.07, 6.45) is 5.57. The number of hydrogen-bond donors (Lipinski definition) is 1. The molecule has 0 amide bonds. The second kappa shape index (κ2) is 7.51. The molecular formula is C17H34N2S. The van der Waals surface area contributed by atoms with Crippen molar-refractivity contribution in [2.24, 2.45) is 17.3 Å². The Kier molecular flexibility index (Phi) is 6.25. The number of hydrogen-bond acceptors (Lipinski definition) is 3. The number of nitrogens with zero attached hydrogens (tertiary/aromatic N) is 1. The lowest BCUT2D eigenvalue weighted by Gasteiger charge is -2.43. The van der Waals surface area contributed by atoms with Gasteiger partial charge in [0, 0.05) is 24.9 Å². The molecule has 0 aromatic heterocycles. The van der Waals surface area contributed by atoms with Crippen LogP contribution in [-0.2, 0) is 0 Å². The van der Waals surface area contributed by atoms with E-state index in [9.17, 15) is 0 Å². The van der Waals surface area contributed by atoms with Crippen LogP contribution < -0.4 is 5.32 Å². The summed E-state index contributed by atoms with van der Waals surface area (Å²) in [6.45, 7) is 11.2. The first-order valence-electron chi connectivity index (χ1n) is 8.48. The molecule has 3 heteroatoms. The molecule has 20 heavy (non-hydrogen) atoms. The largest absolute Gasteiger partial charge is 0.317 e. The van der Waals surface area contributed by atoms with Gasteiger partial charge in [0.1, 0.15) is 0 Å². The van der Waals surface area contributed by atoms with E-state index < -0.39 is 0 Å². The Labute approximate surface area is 130 Å². The summed E-state index contributed by atoms with van der Waals surface area (Å²) in [4.78, 5) is 2.74. The van der Waals surface area contributed by atoms with Crippen LogP contribution >= 0.6 is 11.8 Å². The van der Waals surface area contributed by atoms with Crippen molar-refractivity contribution in [1.29, 1.82) is 0 Å². The van der Waals surface area contributed by atoms with Gasteiger partial charge < -0.3 is 10.2 Å². The van der Waals surface area contributed by atoms with Crippen LogP contribution in [0.1, 0.15) is 46.5 Å². The second-order valence-corrected chi connectivity index (χ2v) is 9.02. The Morgan fingerprint density at radius 2 is 1.95 bits per heavy atom. The molecule has 1 aliphatic heterocycles. The lowest BCUT2D eigenvalue weighted by atomic mass is 9.67. The minimum atomic E-state index is 0.478. The third-order valence-electron chi connectivity index (χ3n) is 5.39. The van der Waals surface area contributed by atoms with Crippen LogP contribution in [0.25, 0.3) is 0 Å². The highest BCUT2D eigenvalue weighted by atomic mass is 32.2. The lowest BCUT2D eigenvalue weighted by Crippen LogP contribution is -2.46. The van der Waals surface area contributed by atoms with E-state index in [1.807, 2.05) is 0 Å². The van der Waals surface area contributed by atoms with Crippen molar-refractivity contribution in [2.45, 2.75) is 52.5 Å². The quantitative estimate of drug-likeness (QED) is 0.859. The molecule has 0 radical (unpaired) electrons. The van der Waals surface area contributed by atoms with Gasteiger partial charge in [0.2, 0.25) is 0 Å². The maximum absolute atomic E-state index is 3.60. The average Bonchev–Trinajstić information content (AvgIpc) is 2.66. The predicted octanol–water partition coefficient (Wildman–Crippen LogP) is 3.48. The molecule has 1 saturated heterocycles. The van der Waals surface area contributed by atoms with Gasteiger partial charge in [-0.15, -0.1) is 0 Å². The molecule has 2 rings (SSSR count). The van der Waals surface area contributed by atoms with E-state index in [2.05, 4.69) is 49.8 Å². The van der Waals surface area contributed by atoms with Crippen molar-refractivity contribution in [3.63, 3.8) is 0 Å². The minimum absolute atomic E-state index is 0.478. The van der Waals surface area contributed by atoms with E-state index >= 15 is 0 Å². The van der Waals surface area contributed by atoms with Crippen LogP contribution in [0.3, 0.4) is 0 Å². The summed E-state index contributed by atoms with van der Waals surface area (Å²) in [5, 5.41) is 3.60. The molecule has 2 fully saturated rings. The van der Waals surface area contributed by atoms with Crippen LogP contribution in [0.15, 0.2) is 0 Å². The molecule has 0 spiro atoms. The van der Waals surface area contributed by atoms with Gasteiger partial charge in [0.25, 0.3) is 0 Å². The zero-order chi connectivity index (χ0) is 14.6. The third kappa shape index (κ3) is 4.64. The molecule has 1 saturated carbocycles.